The van der Waals surface area contributed by atoms with Crippen LogP contribution in [0.25, 0.3) is 0 Å². The lowest BCUT2D eigenvalue weighted by atomic mass is 10.0. The summed E-state index contributed by atoms with van der Waals surface area (Å²) in [4.78, 5) is -0.0753. The summed E-state index contributed by atoms with van der Waals surface area (Å²) in [5.41, 5.74) is 0.701. The van der Waals surface area contributed by atoms with E-state index in [1.54, 1.807) is 13.0 Å². The van der Waals surface area contributed by atoms with Crippen molar-refractivity contribution in [2.45, 2.75) is 43.3 Å². The van der Waals surface area contributed by atoms with E-state index in [1.807, 2.05) is 0 Å². The Morgan fingerprint density at radius 1 is 1.25 bits per heavy atom. The number of rotatable bonds is 2. The Balaban J connectivity index is 2.41. The third-order valence-corrected chi connectivity index (χ3v) is 5.33. The Bertz CT molecular complexity index is 584. The van der Waals surface area contributed by atoms with E-state index in [-0.39, 0.29) is 17.9 Å². The molecule has 1 fully saturated rings. The molecule has 0 aromatic heterocycles. The van der Waals surface area contributed by atoms with Crippen LogP contribution >= 0.6 is 0 Å². The second-order valence-electron chi connectivity index (χ2n) is 4.99. The van der Waals surface area contributed by atoms with Crippen LogP contribution in [0.3, 0.4) is 0 Å². The van der Waals surface area contributed by atoms with Gasteiger partial charge in [0.25, 0.3) is 0 Å². The summed E-state index contributed by atoms with van der Waals surface area (Å²) in [6.07, 6.45) is -3.85. The second kappa shape index (κ2) is 5.37. The lowest BCUT2D eigenvalue weighted by Crippen LogP contribution is -2.51. The maximum absolute atomic E-state index is 13.0. The Hall–Kier alpha value is -1.08. The normalized spacial score (nSPS) is 21.9. The highest BCUT2D eigenvalue weighted by molar-refractivity contribution is 7.89. The smallest absolute Gasteiger partial charge is 0.207 e. The largest absolute Gasteiger partial charge is 0.405 e. The number of aryl methyl sites for hydroxylation is 1. The highest BCUT2D eigenvalue weighted by atomic mass is 32.2. The average Bonchev–Trinajstić information content (AvgIpc) is 2.38. The predicted molar refractivity (Wildman–Crippen MR) is 68.8 cm³/mol. The van der Waals surface area contributed by atoms with Crippen molar-refractivity contribution in [3.63, 3.8) is 0 Å². The number of benzene rings is 1. The minimum atomic E-state index is -4.53. The molecular formula is C13H16F3NO2S. The zero-order chi connectivity index (χ0) is 15.0. The van der Waals surface area contributed by atoms with Gasteiger partial charge in [-0.15, -0.1) is 0 Å². The molecule has 0 aliphatic carbocycles. The quantitative estimate of drug-likeness (QED) is 0.842. The molecular weight excluding hydrogens is 291 g/mol. The van der Waals surface area contributed by atoms with Crippen LogP contribution in [0.15, 0.2) is 29.2 Å². The number of hydrogen-bond acceptors (Lipinski definition) is 2. The summed E-state index contributed by atoms with van der Waals surface area (Å²) in [6.45, 7) is 1.62. The van der Waals surface area contributed by atoms with Crippen molar-refractivity contribution in [2.75, 3.05) is 6.54 Å². The van der Waals surface area contributed by atoms with Crippen LogP contribution in [0, 0.1) is 6.92 Å². The van der Waals surface area contributed by atoms with Gasteiger partial charge in [0.15, 0.2) is 0 Å². The number of halogens is 3. The van der Waals surface area contributed by atoms with Gasteiger partial charge in [0.1, 0.15) is 6.04 Å². The summed E-state index contributed by atoms with van der Waals surface area (Å²) in [7, 11) is -4.10. The number of alkyl halides is 3. The minimum absolute atomic E-state index is 0.0753. The molecule has 112 valence electrons. The van der Waals surface area contributed by atoms with E-state index < -0.39 is 22.2 Å². The van der Waals surface area contributed by atoms with Gasteiger partial charge in [0.05, 0.1) is 4.90 Å². The van der Waals surface area contributed by atoms with Gasteiger partial charge in [-0.1, -0.05) is 18.6 Å². The van der Waals surface area contributed by atoms with E-state index in [2.05, 4.69) is 0 Å². The first kappa shape index (κ1) is 15.3. The van der Waals surface area contributed by atoms with Crippen LogP contribution in [0.4, 0.5) is 13.2 Å². The molecule has 1 aliphatic rings. The molecule has 1 heterocycles. The highest BCUT2D eigenvalue weighted by Gasteiger charge is 2.48. The average molecular weight is 307 g/mol. The molecule has 3 nitrogen and oxygen atoms in total. The third kappa shape index (κ3) is 2.98. The minimum Gasteiger partial charge on any atom is -0.207 e. The van der Waals surface area contributed by atoms with Crippen molar-refractivity contribution in [1.82, 2.24) is 4.31 Å². The zero-order valence-corrected chi connectivity index (χ0v) is 11.8. The second-order valence-corrected chi connectivity index (χ2v) is 6.88. The van der Waals surface area contributed by atoms with Crippen molar-refractivity contribution >= 4 is 10.0 Å². The van der Waals surface area contributed by atoms with E-state index in [0.29, 0.717) is 22.7 Å². The molecule has 1 atom stereocenters. The molecule has 2 rings (SSSR count). The van der Waals surface area contributed by atoms with Crippen molar-refractivity contribution in [1.29, 1.82) is 0 Å². The lowest BCUT2D eigenvalue weighted by Gasteiger charge is -2.35. The molecule has 1 aromatic carbocycles. The van der Waals surface area contributed by atoms with Crippen LogP contribution in [0.1, 0.15) is 24.8 Å². The van der Waals surface area contributed by atoms with E-state index in [9.17, 15) is 21.6 Å². The van der Waals surface area contributed by atoms with Crippen molar-refractivity contribution < 1.29 is 21.6 Å². The molecule has 7 heteroatoms. The van der Waals surface area contributed by atoms with Crippen molar-refractivity contribution in [3.05, 3.63) is 29.8 Å². The first-order valence-corrected chi connectivity index (χ1v) is 7.82. The van der Waals surface area contributed by atoms with Crippen LogP contribution < -0.4 is 0 Å². The van der Waals surface area contributed by atoms with Crippen LogP contribution in [-0.2, 0) is 10.0 Å². The number of hydrogen-bond donors (Lipinski definition) is 0. The van der Waals surface area contributed by atoms with Gasteiger partial charge in [0, 0.05) is 6.54 Å². The molecule has 1 aliphatic heterocycles. The van der Waals surface area contributed by atoms with Gasteiger partial charge in [-0.3, -0.25) is 0 Å². The van der Waals surface area contributed by atoms with Crippen LogP contribution in [-0.4, -0.2) is 31.5 Å². The SMILES string of the molecule is Cc1cccc(S(=O)(=O)N2CCCCC2C(F)(F)F)c1. The molecule has 0 bridgehead atoms. The summed E-state index contributed by atoms with van der Waals surface area (Å²) in [6, 6.07) is 4.06. The summed E-state index contributed by atoms with van der Waals surface area (Å²) in [5, 5.41) is 0. The fourth-order valence-corrected chi connectivity index (χ4v) is 4.22. The monoisotopic (exact) mass is 307 g/mol. The summed E-state index contributed by atoms with van der Waals surface area (Å²) >= 11 is 0. The van der Waals surface area contributed by atoms with Crippen molar-refractivity contribution in [2.24, 2.45) is 0 Å². The molecule has 20 heavy (non-hydrogen) atoms. The van der Waals surface area contributed by atoms with Gasteiger partial charge in [-0.2, -0.15) is 17.5 Å². The molecule has 0 N–H and O–H groups in total. The van der Waals surface area contributed by atoms with Gasteiger partial charge in [-0.25, -0.2) is 8.42 Å². The zero-order valence-electron chi connectivity index (χ0n) is 11.0. The topological polar surface area (TPSA) is 37.4 Å². The Kier molecular flexibility index (Phi) is 4.11. The molecule has 0 saturated carbocycles. The fourth-order valence-electron chi connectivity index (χ4n) is 2.43. The molecule has 1 unspecified atom stereocenters. The van der Waals surface area contributed by atoms with Gasteiger partial charge < -0.3 is 0 Å². The van der Waals surface area contributed by atoms with Gasteiger partial charge in [0.2, 0.25) is 10.0 Å². The highest BCUT2D eigenvalue weighted by Crippen LogP contribution is 2.35. The summed E-state index contributed by atoms with van der Waals surface area (Å²) < 4.78 is 64.5. The Morgan fingerprint density at radius 2 is 1.95 bits per heavy atom. The first-order valence-electron chi connectivity index (χ1n) is 6.38. The van der Waals surface area contributed by atoms with Gasteiger partial charge >= 0.3 is 6.18 Å². The molecule has 1 aromatic rings. The number of sulfonamides is 1. The van der Waals surface area contributed by atoms with E-state index in [1.165, 1.54) is 18.2 Å². The molecule has 0 spiro atoms. The first-order chi connectivity index (χ1) is 9.23. The maximum Gasteiger partial charge on any atom is 0.405 e. The fraction of sp³-hybridized carbons (Fsp3) is 0.538. The standard InChI is InChI=1S/C13H16F3NO2S/c1-10-5-4-6-11(9-10)20(18,19)17-8-3-2-7-12(17)13(14,15)16/h4-6,9,12H,2-3,7-8H2,1H3. The lowest BCUT2D eigenvalue weighted by molar-refractivity contribution is -0.177. The van der Waals surface area contributed by atoms with Gasteiger partial charge in [-0.05, 0) is 37.5 Å². The van der Waals surface area contributed by atoms with Crippen LogP contribution in [0.2, 0.25) is 0 Å². The number of nitrogens with zero attached hydrogens (tertiary/aromatic N) is 1. The van der Waals surface area contributed by atoms with E-state index >= 15 is 0 Å². The van der Waals surface area contributed by atoms with E-state index in [4.69, 9.17) is 0 Å². The Labute approximate surface area is 116 Å². The predicted octanol–water partition coefficient (Wildman–Crippen LogP) is 3.10. The molecule has 0 amide bonds. The van der Waals surface area contributed by atoms with Crippen molar-refractivity contribution in [3.8, 4) is 0 Å². The molecule has 1 saturated heterocycles. The third-order valence-electron chi connectivity index (χ3n) is 3.43. The maximum atomic E-state index is 13.0. The van der Waals surface area contributed by atoms with E-state index in [0.717, 1.165) is 0 Å². The molecule has 0 radical (unpaired) electrons. The number of piperidine rings is 1. The summed E-state index contributed by atoms with van der Waals surface area (Å²) in [5.74, 6) is 0. The Morgan fingerprint density at radius 3 is 2.55 bits per heavy atom. The van der Waals surface area contributed by atoms with Crippen LogP contribution in [0.5, 0.6) is 0 Å².